The monoisotopic (exact) mass is 284 g/mol. The van der Waals surface area contributed by atoms with Crippen molar-refractivity contribution in [2.45, 2.75) is 39.0 Å². The average Bonchev–Trinajstić information content (AvgIpc) is 2.41. The number of ether oxygens (including phenoxy) is 1. The van der Waals surface area contributed by atoms with Gasteiger partial charge in [-0.1, -0.05) is 36.9 Å². The predicted molar refractivity (Wildman–Crippen MR) is 81.1 cm³/mol. The molecule has 1 nitrogen and oxygen atoms in total. The molecule has 3 heteroatoms. The second-order valence-electron chi connectivity index (χ2n) is 5.44. The van der Waals surface area contributed by atoms with E-state index in [4.69, 9.17) is 16.3 Å². The lowest BCUT2D eigenvalue weighted by atomic mass is 9.76. The maximum Gasteiger partial charge on any atom is 0.138 e. The van der Waals surface area contributed by atoms with Gasteiger partial charge in [-0.05, 0) is 43.2 Å². The van der Waals surface area contributed by atoms with Crippen molar-refractivity contribution in [3.8, 4) is 5.75 Å². The maximum atomic E-state index is 6.16. The Balaban J connectivity index is 2.03. The van der Waals surface area contributed by atoms with Crippen LogP contribution >= 0.6 is 24.2 Å². The maximum absolute atomic E-state index is 6.16. The molecule has 1 aromatic rings. The van der Waals surface area contributed by atoms with E-state index in [1.165, 1.54) is 37.7 Å². The van der Waals surface area contributed by atoms with Crippen molar-refractivity contribution in [1.29, 1.82) is 0 Å². The Morgan fingerprint density at radius 2 is 2.00 bits per heavy atom. The molecule has 100 valence electrons. The summed E-state index contributed by atoms with van der Waals surface area (Å²) in [6.07, 6.45) is 6.39. The van der Waals surface area contributed by atoms with Crippen LogP contribution < -0.4 is 4.74 Å². The minimum atomic E-state index is 0.244. The molecule has 0 saturated heterocycles. The lowest BCUT2D eigenvalue weighted by molar-refractivity contribution is 0.121. The molecule has 0 bridgehead atoms. The molecule has 0 heterocycles. The van der Waals surface area contributed by atoms with Gasteiger partial charge in [-0.15, -0.1) is 0 Å². The van der Waals surface area contributed by atoms with Crippen molar-refractivity contribution in [2.24, 2.45) is 5.41 Å². The van der Waals surface area contributed by atoms with E-state index in [1.54, 1.807) is 0 Å². The van der Waals surface area contributed by atoms with Crippen LogP contribution in [0.4, 0.5) is 0 Å². The molecule has 1 aromatic carbocycles. The molecule has 1 aliphatic rings. The fourth-order valence-electron chi connectivity index (χ4n) is 2.60. The normalized spacial score (nSPS) is 18.6. The van der Waals surface area contributed by atoms with Crippen LogP contribution in [-0.2, 0) is 0 Å². The van der Waals surface area contributed by atoms with Crippen LogP contribution in [0.1, 0.15) is 37.7 Å². The zero-order valence-electron chi connectivity index (χ0n) is 10.9. The van der Waals surface area contributed by atoms with Crippen LogP contribution in [0.15, 0.2) is 18.2 Å². The second-order valence-corrected chi connectivity index (χ2v) is 6.16. The van der Waals surface area contributed by atoms with E-state index in [9.17, 15) is 0 Å². The van der Waals surface area contributed by atoms with Crippen molar-refractivity contribution in [1.82, 2.24) is 0 Å². The third-order valence-electron chi connectivity index (χ3n) is 3.87. The van der Waals surface area contributed by atoms with Crippen molar-refractivity contribution in [3.05, 3.63) is 28.8 Å². The highest BCUT2D eigenvalue weighted by molar-refractivity contribution is 7.80. The molecule has 18 heavy (non-hydrogen) atoms. The highest BCUT2D eigenvalue weighted by Gasteiger charge is 2.31. The van der Waals surface area contributed by atoms with Crippen LogP contribution in [0.2, 0.25) is 5.02 Å². The van der Waals surface area contributed by atoms with E-state index in [0.29, 0.717) is 5.02 Å². The van der Waals surface area contributed by atoms with Gasteiger partial charge in [-0.2, -0.15) is 12.6 Å². The van der Waals surface area contributed by atoms with Gasteiger partial charge in [-0.3, -0.25) is 0 Å². The lowest BCUT2D eigenvalue weighted by Crippen LogP contribution is -2.33. The van der Waals surface area contributed by atoms with Gasteiger partial charge in [0, 0.05) is 5.41 Å². The molecule has 0 aromatic heterocycles. The Labute approximate surface area is 120 Å². The minimum Gasteiger partial charge on any atom is -0.491 e. The molecule has 0 aliphatic heterocycles. The van der Waals surface area contributed by atoms with Gasteiger partial charge in [0.25, 0.3) is 0 Å². The van der Waals surface area contributed by atoms with Gasteiger partial charge in [0.2, 0.25) is 0 Å². The molecule has 0 radical (unpaired) electrons. The molecule has 0 unspecified atom stereocenters. The fourth-order valence-corrected chi connectivity index (χ4v) is 3.18. The summed E-state index contributed by atoms with van der Waals surface area (Å²) in [7, 11) is 0. The first kappa shape index (κ1) is 14.1. The molecule has 0 N–H and O–H groups in total. The molecule has 0 amide bonds. The summed E-state index contributed by atoms with van der Waals surface area (Å²) in [5.41, 5.74) is 1.42. The Morgan fingerprint density at radius 1 is 1.28 bits per heavy atom. The zero-order chi connectivity index (χ0) is 13.0. The van der Waals surface area contributed by atoms with Gasteiger partial charge >= 0.3 is 0 Å². The molecular formula is C15H21ClOS. The van der Waals surface area contributed by atoms with Gasteiger partial charge in [0.05, 0.1) is 11.6 Å². The number of thiol groups is 1. The lowest BCUT2D eigenvalue weighted by Gasteiger charge is -2.35. The summed E-state index contributed by atoms with van der Waals surface area (Å²) >= 11 is 10.7. The second kappa shape index (κ2) is 6.21. The van der Waals surface area contributed by atoms with E-state index in [2.05, 4.69) is 19.6 Å². The van der Waals surface area contributed by atoms with Crippen LogP contribution in [0.5, 0.6) is 5.75 Å². The van der Waals surface area contributed by atoms with Crippen LogP contribution in [0.3, 0.4) is 0 Å². The van der Waals surface area contributed by atoms with E-state index in [0.717, 1.165) is 18.1 Å². The van der Waals surface area contributed by atoms with Gasteiger partial charge in [0.1, 0.15) is 5.75 Å². The van der Waals surface area contributed by atoms with Crippen molar-refractivity contribution in [2.75, 3.05) is 12.4 Å². The van der Waals surface area contributed by atoms with Crippen LogP contribution in [0, 0.1) is 12.3 Å². The SMILES string of the molecule is Cc1ccc(Cl)c(OCC2(CS)CCCCC2)c1. The van der Waals surface area contributed by atoms with E-state index >= 15 is 0 Å². The van der Waals surface area contributed by atoms with Gasteiger partial charge in [-0.25, -0.2) is 0 Å². The Hall–Kier alpha value is -0.340. The topological polar surface area (TPSA) is 9.23 Å². The smallest absolute Gasteiger partial charge is 0.138 e. The highest BCUT2D eigenvalue weighted by Crippen LogP contribution is 2.38. The van der Waals surface area contributed by atoms with Gasteiger partial charge < -0.3 is 4.74 Å². The first-order valence-corrected chi connectivity index (χ1v) is 7.66. The first-order chi connectivity index (χ1) is 8.65. The predicted octanol–water partition coefficient (Wildman–Crippen LogP) is 4.91. The molecule has 1 fully saturated rings. The summed E-state index contributed by atoms with van der Waals surface area (Å²) in [5, 5.41) is 0.700. The Morgan fingerprint density at radius 3 is 2.67 bits per heavy atom. The van der Waals surface area contributed by atoms with Crippen molar-refractivity contribution in [3.63, 3.8) is 0 Å². The van der Waals surface area contributed by atoms with Crippen molar-refractivity contribution >= 4 is 24.2 Å². The summed E-state index contributed by atoms with van der Waals surface area (Å²) in [4.78, 5) is 0. The molecule has 1 saturated carbocycles. The number of aryl methyl sites for hydroxylation is 1. The minimum absolute atomic E-state index is 0.244. The summed E-state index contributed by atoms with van der Waals surface area (Å²) in [5.74, 6) is 1.71. The van der Waals surface area contributed by atoms with Crippen LogP contribution in [-0.4, -0.2) is 12.4 Å². The van der Waals surface area contributed by atoms with Crippen molar-refractivity contribution < 1.29 is 4.74 Å². The third kappa shape index (κ3) is 3.36. The number of halogens is 1. The summed E-state index contributed by atoms with van der Waals surface area (Å²) < 4.78 is 5.97. The van der Waals surface area contributed by atoms with Gasteiger partial charge in [0.15, 0.2) is 0 Å². The van der Waals surface area contributed by atoms with E-state index in [-0.39, 0.29) is 5.41 Å². The summed E-state index contributed by atoms with van der Waals surface area (Å²) in [6.45, 7) is 2.79. The Kier molecular flexibility index (Phi) is 4.85. The molecule has 1 aliphatic carbocycles. The Bertz CT molecular complexity index is 399. The average molecular weight is 285 g/mol. The molecule has 0 atom stereocenters. The summed E-state index contributed by atoms with van der Waals surface area (Å²) in [6, 6.07) is 5.92. The molecular weight excluding hydrogens is 264 g/mol. The largest absolute Gasteiger partial charge is 0.491 e. The fraction of sp³-hybridized carbons (Fsp3) is 0.600. The quantitative estimate of drug-likeness (QED) is 0.773. The number of hydrogen-bond acceptors (Lipinski definition) is 2. The number of benzene rings is 1. The van der Waals surface area contributed by atoms with E-state index in [1.807, 2.05) is 18.2 Å². The zero-order valence-corrected chi connectivity index (χ0v) is 12.6. The standard InChI is InChI=1S/C15H21ClOS/c1-12-5-6-13(16)14(9-12)17-10-15(11-18)7-3-2-4-8-15/h5-6,9,18H,2-4,7-8,10-11H2,1H3. The highest BCUT2D eigenvalue weighted by atomic mass is 35.5. The number of rotatable bonds is 4. The molecule has 0 spiro atoms. The van der Waals surface area contributed by atoms with Crippen LogP contribution in [0.25, 0.3) is 0 Å². The van der Waals surface area contributed by atoms with E-state index < -0.39 is 0 Å². The first-order valence-electron chi connectivity index (χ1n) is 6.65. The molecule has 2 rings (SSSR count). The number of hydrogen-bond donors (Lipinski definition) is 1. The third-order valence-corrected chi connectivity index (χ3v) is 4.85.